The molecule has 0 spiro atoms. The molecule has 0 unspecified atom stereocenters. The zero-order valence-corrected chi connectivity index (χ0v) is 18.6. The maximum Gasteiger partial charge on any atom is 0.270 e. The van der Waals surface area contributed by atoms with E-state index in [9.17, 15) is 13.6 Å². The number of benzene rings is 2. The Morgan fingerprint density at radius 1 is 1.09 bits per heavy atom. The molecule has 0 bridgehead atoms. The van der Waals surface area contributed by atoms with Gasteiger partial charge >= 0.3 is 0 Å². The summed E-state index contributed by atoms with van der Waals surface area (Å²) in [7, 11) is 0. The molecule has 0 radical (unpaired) electrons. The Labute approximate surface area is 188 Å². The van der Waals surface area contributed by atoms with Crippen LogP contribution in [0, 0.1) is 25.5 Å². The van der Waals surface area contributed by atoms with E-state index in [0.29, 0.717) is 12.0 Å². The monoisotopic (exact) mass is 454 g/mol. The molecule has 0 amide bonds. The second-order valence-electron chi connectivity index (χ2n) is 7.80. The highest BCUT2D eigenvalue weighted by Crippen LogP contribution is 2.22. The highest BCUT2D eigenvalue weighted by molar-refractivity contribution is 6.29. The van der Waals surface area contributed by atoms with Crippen LogP contribution in [0.3, 0.4) is 0 Å². The van der Waals surface area contributed by atoms with Crippen LogP contribution in [0.25, 0.3) is 5.69 Å². The predicted molar refractivity (Wildman–Crippen MR) is 120 cm³/mol. The van der Waals surface area contributed by atoms with Gasteiger partial charge in [-0.25, -0.2) is 18.4 Å². The van der Waals surface area contributed by atoms with Crippen LogP contribution >= 0.6 is 11.6 Å². The molecule has 0 aliphatic rings. The van der Waals surface area contributed by atoms with Crippen LogP contribution in [-0.4, -0.2) is 19.3 Å². The minimum absolute atomic E-state index is 0.121. The van der Waals surface area contributed by atoms with E-state index >= 15 is 0 Å². The van der Waals surface area contributed by atoms with Crippen LogP contribution in [0.15, 0.2) is 59.8 Å². The van der Waals surface area contributed by atoms with Crippen LogP contribution in [0.4, 0.5) is 8.78 Å². The number of aromatic nitrogens is 4. The lowest BCUT2D eigenvalue weighted by atomic mass is 10.0. The van der Waals surface area contributed by atoms with Gasteiger partial charge in [-0.3, -0.25) is 4.79 Å². The average Bonchev–Trinajstić information content (AvgIpc) is 3.16. The first-order chi connectivity index (χ1) is 15.2. The van der Waals surface area contributed by atoms with E-state index in [1.807, 2.05) is 42.8 Å². The van der Waals surface area contributed by atoms with Crippen molar-refractivity contribution in [2.45, 2.75) is 33.2 Å². The second-order valence-corrected chi connectivity index (χ2v) is 8.19. The summed E-state index contributed by atoms with van der Waals surface area (Å²) in [5.41, 5.74) is 4.09. The van der Waals surface area contributed by atoms with Crippen molar-refractivity contribution in [2.75, 3.05) is 0 Å². The van der Waals surface area contributed by atoms with Crippen LogP contribution in [0.5, 0.6) is 0 Å². The summed E-state index contributed by atoms with van der Waals surface area (Å²) in [6.07, 6.45) is 4.04. The average molecular weight is 455 g/mol. The molecule has 2 aromatic carbocycles. The summed E-state index contributed by atoms with van der Waals surface area (Å²) in [6.45, 7) is 5.54. The molecular weight excluding hydrogens is 434 g/mol. The lowest BCUT2D eigenvalue weighted by Gasteiger charge is -2.17. The first-order valence-corrected chi connectivity index (χ1v) is 10.4. The van der Waals surface area contributed by atoms with Crippen molar-refractivity contribution < 1.29 is 8.78 Å². The summed E-state index contributed by atoms with van der Waals surface area (Å²) in [6, 6.07) is 9.94. The van der Waals surface area contributed by atoms with Gasteiger partial charge in [0.25, 0.3) is 5.56 Å². The molecule has 2 aromatic heterocycles. The number of rotatable bonds is 5. The van der Waals surface area contributed by atoms with Gasteiger partial charge in [-0.2, -0.15) is 5.10 Å². The zero-order chi connectivity index (χ0) is 23.0. The van der Waals surface area contributed by atoms with Gasteiger partial charge in [0, 0.05) is 35.5 Å². The standard InChI is InChI=1S/C24H21ClF2N4O/c1-14-8-17(4-7-22(14)30-12-15(2)28-13-30)9-18-10-23(25)29-31(24(18)32)16(3)20-6-5-19(26)11-21(20)27/h4-8,10-13,16H,9H2,1-3H3/t16-/m0/s1. The third-order valence-corrected chi connectivity index (χ3v) is 5.59. The molecule has 2 heterocycles. The van der Waals surface area contributed by atoms with Crippen LogP contribution in [-0.2, 0) is 6.42 Å². The van der Waals surface area contributed by atoms with Gasteiger partial charge in [0.2, 0.25) is 0 Å². The van der Waals surface area contributed by atoms with Gasteiger partial charge in [0.15, 0.2) is 0 Å². The molecule has 1 atom stereocenters. The van der Waals surface area contributed by atoms with Crippen molar-refractivity contribution in [3.8, 4) is 5.69 Å². The third-order valence-electron chi connectivity index (χ3n) is 5.40. The van der Waals surface area contributed by atoms with Crippen LogP contribution < -0.4 is 5.56 Å². The van der Waals surface area contributed by atoms with Crippen LogP contribution in [0.2, 0.25) is 5.15 Å². The summed E-state index contributed by atoms with van der Waals surface area (Å²) in [5.74, 6) is -1.43. The lowest BCUT2D eigenvalue weighted by Crippen LogP contribution is -2.30. The van der Waals surface area contributed by atoms with E-state index in [4.69, 9.17) is 11.6 Å². The van der Waals surface area contributed by atoms with E-state index in [1.165, 1.54) is 12.1 Å². The molecule has 4 aromatic rings. The molecule has 0 aliphatic carbocycles. The minimum atomic E-state index is -0.755. The highest BCUT2D eigenvalue weighted by atomic mass is 35.5. The van der Waals surface area contributed by atoms with E-state index in [1.54, 1.807) is 13.3 Å². The second kappa shape index (κ2) is 8.67. The molecule has 0 saturated heterocycles. The molecule has 4 rings (SSSR count). The minimum Gasteiger partial charge on any atom is -0.306 e. The van der Waals surface area contributed by atoms with Crippen molar-refractivity contribution in [1.29, 1.82) is 0 Å². The molecule has 5 nitrogen and oxygen atoms in total. The summed E-state index contributed by atoms with van der Waals surface area (Å²) >= 11 is 6.19. The number of nitrogens with zero attached hydrogens (tertiary/aromatic N) is 4. The quantitative estimate of drug-likeness (QED) is 0.417. The Morgan fingerprint density at radius 3 is 2.53 bits per heavy atom. The van der Waals surface area contributed by atoms with Crippen LogP contribution in [0.1, 0.15) is 40.9 Å². The Hall–Kier alpha value is -3.32. The molecule has 0 saturated carbocycles. The Kier molecular flexibility index (Phi) is 5.93. The molecule has 0 N–H and O–H groups in total. The maximum absolute atomic E-state index is 14.3. The summed E-state index contributed by atoms with van der Waals surface area (Å²) in [5, 5.41) is 4.21. The summed E-state index contributed by atoms with van der Waals surface area (Å²) < 4.78 is 30.6. The largest absolute Gasteiger partial charge is 0.306 e. The molecule has 8 heteroatoms. The number of hydrogen-bond acceptors (Lipinski definition) is 3. The van der Waals surface area contributed by atoms with Gasteiger partial charge in [-0.15, -0.1) is 0 Å². The first kappa shape index (κ1) is 21.9. The Bertz CT molecular complexity index is 1360. The highest BCUT2D eigenvalue weighted by Gasteiger charge is 2.19. The van der Waals surface area contributed by atoms with Crippen molar-refractivity contribution in [2.24, 2.45) is 0 Å². The van der Waals surface area contributed by atoms with E-state index in [-0.39, 0.29) is 16.3 Å². The molecule has 164 valence electrons. The fourth-order valence-electron chi connectivity index (χ4n) is 3.78. The molecule has 32 heavy (non-hydrogen) atoms. The molecule has 0 fully saturated rings. The van der Waals surface area contributed by atoms with E-state index in [0.717, 1.165) is 39.3 Å². The fourth-order valence-corrected chi connectivity index (χ4v) is 3.99. The normalized spacial score (nSPS) is 12.2. The van der Waals surface area contributed by atoms with Crippen molar-refractivity contribution in [3.05, 3.63) is 110 Å². The first-order valence-electron chi connectivity index (χ1n) is 10.1. The van der Waals surface area contributed by atoms with Crippen molar-refractivity contribution in [1.82, 2.24) is 19.3 Å². The third kappa shape index (κ3) is 4.34. The Balaban J connectivity index is 1.67. The zero-order valence-electron chi connectivity index (χ0n) is 17.8. The topological polar surface area (TPSA) is 52.7 Å². The van der Waals surface area contributed by atoms with Crippen molar-refractivity contribution >= 4 is 11.6 Å². The van der Waals surface area contributed by atoms with E-state index < -0.39 is 17.7 Å². The van der Waals surface area contributed by atoms with Crippen molar-refractivity contribution in [3.63, 3.8) is 0 Å². The van der Waals surface area contributed by atoms with E-state index in [2.05, 4.69) is 10.1 Å². The number of aryl methyl sites for hydroxylation is 2. The number of halogens is 3. The molecule has 0 aliphatic heterocycles. The summed E-state index contributed by atoms with van der Waals surface area (Å²) in [4.78, 5) is 17.4. The fraction of sp³-hybridized carbons (Fsp3) is 0.208. The van der Waals surface area contributed by atoms with Gasteiger partial charge in [0.1, 0.15) is 16.8 Å². The maximum atomic E-state index is 14.3. The number of hydrogen-bond donors (Lipinski definition) is 0. The predicted octanol–water partition coefficient (Wildman–Crippen LogP) is 5.18. The SMILES string of the molecule is Cc1cn(-c2ccc(Cc3cc(Cl)nn([C@@H](C)c4ccc(F)cc4F)c3=O)cc2C)cn1. The number of imidazole rings is 1. The van der Waals surface area contributed by atoms with Gasteiger partial charge in [-0.05, 0) is 50.1 Å². The van der Waals surface area contributed by atoms with Gasteiger partial charge in [0.05, 0.1) is 18.1 Å². The van der Waals surface area contributed by atoms with Gasteiger partial charge < -0.3 is 4.57 Å². The lowest BCUT2D eigenvalue weighted by molar-refractivity contribution is 0.491. The van der Waals surface area contributed by atoms with Gasteiger partial charge in [-0.1, -0.05) is 29.8 Å². The Morgan fingerprint density at radius 2 is 1.88 bits per heavy atom. The smallest absolute Gasteiger partial charge is 0.270 e. The molecular formula is C24H21ClF2N4O.